The Hall–Kier alpha value is -3.08. The summed E-state index contributed by atoms with van der Waals surface area (Å²) >= 11 is 5.73. The first-order valence-electron chi connectivity index (χ1n) is 8.76. The van der Waals surface area contributed by atoms with Gasteiger partial charge in [-0.15, -0.1) is 0 Å². The molecule has 11 heteroatoms. The van der Waals surface area contributed by atoms with Gasteiger partial charge in [-0.05, 0) is 55.5 Å². The van der Waals surface area contributed by atoms with E-state index in [0.717, 1.165) is 5.56 Å². The van der Waals surface area contributed by atoms with Crippen LogP contribution in [0.4, 0.5) is 10.5 Å². The van der Waals surface area contributed by atoms with Gasteiger partial charge in [-0.3, -0.25) is 0 Å². The molecule has 2 N–H and O–H groups in total. The van der Waals surface area contributed by atoms with Gasteiger partial charge in [0.05, 0.1) is 4.90 Å². The third kappa shape index (κ3) is 5.97. The fraction of sp³-hybridized carbons (Fsp3) is 0.0500. The van der Waals surface area contributed by atoms with Crippen LogP contribution in [-0.4, -0.2) is 22.9 Å². The number of sulfonamides is 1. The first kappa shape index (κ1) is 22.6. The molecule has 0 fully saturated rings. The van der Waals surface area contributed by atoms with E-state index in [1.807, 2.05) is 11.6 Å². The third-order valence-corrected chi connectivity index (χ3v) is 6.82. The molecule has 0 saturated heterocycles. The zero-order chi connectivity index (χ0) is 22.6. The summed E-state index contributed by atoms with van der Waals surface area (Å²) in [6.07, 6.45) is 0. The van der Waals surface area contributed by atoms with Crippen LogP contribution in [0, 0.1) is 6.92 Å². The molecule has 0 aliphatic rings. The van der Waals surface area contributed by atoms with Gasteiger partial charge in [-0.2, -0.15) is 8.42 Å². The Balaban J connectivity index is 1.70. The second-order valence-corrected chi connectivity index (χ2v) is 10.1. The summed E-state index contributed by atoms with van der Waals surface area (Å²) in [7, 11) is -8.20. The van der Waals surface area contributed by atoms with Gasteiger partial charge < -0.3 is 9.50 Å². The van der Waals surface area contributed by atoms with Crippen molar-refractivity contribution >= 4 is 43.5 Å². The number of hydrogen-bond acceptors (Lipinski definition) is 6. The van der Waals surface area contributed by atoms with Crippen molar-refractivity contribution in [3.8, 4) is 5.75 Å². The minimum absolute atomic E-state index is 0.0248. The highest BCUT2D eigenvalue weighted by Gasteiger charge is 2.19. The van der Waals surface area contributed by atoms with Crippen molar-refractivity contribution in [1.82, 2.24) is 4.72 Å². The van der Waals surface area contributed by atoms with Crippen LogP contribution < -0.4 is 14.2 Å². The van der Waals surface area contributed by atoms with Gasteiger partial charge in [-0.25, -0.2) is 17.9 Å². The lowest BCUT2D eigenvalue weighted by Gasteiger charge is -2.11. The smallest absolute Gasteiger partial charge is 0.339 e. The number of nitrogens with one attached hydrogen (secondary N) is 2. The topological polar surface area (TPSA) is 119 Å². The van der Waals surface area contributed by atoms with E-state index in [9.17, 15) is 21.6 Å². The fourth-order valence-corrected chi connectivity index (χ4v) is 4.41. The average molecular weight is 481 g/mol. The summed E-state index contributed by atoms with van der Waals surface area (Å²) in [5.74, 6) is -0.0565. The van der Waals surface area contributed by atoms with E-state index in [0.29, 0.717) is 5.02 Å². The van der Waals surface area contributed by atoms with Crippen LogP contribution in [0.15, 0.2) is 82.6 Å². The van der Waals surface area contributed by atoms with Crippen LogP contribution in [0.1, 0.15) is 5.56 Å². The summed E-state index contributed by atoms with van der Waals surface area (Å²) in [4.78, 5) is 12.0. The molecule has 3 rings (SSSR count). The number of carbonyl (C=O) groups excluding carboxylic acids is 1. The Morgan fingerprint density at radius 1 is 0.871 bits per heavy atom. The maximum Gasteiger partial charge on any atom is 0.339 e. The molecule has 162 valence electrons. The maximum atomic E-state index is 12.4. The Morgan fingerprint density at radius 2 is 1.48 bits per heavy atom. The van der Waals surface area contributed by atoms with E-state index in [2.05, 4.69) is 5.32 Å². The van der Waals surface area contributed by atoms with Crippen LogP contribution in [-0.2, 0) is 20.1 Å². The van der Waals surface area contributed by atoms with Gasteiger partial charge >= 0.3 is 16.1 Å². The van der Waals surface area contributed by atoms with Crippen molar-refractivity contribution < 1.29 is 25.8 Å². The predicted octanol–water partition coefficient (Wildman–Crippen LogP) is 3.93. The Bertz CT molecular complexity index is 1310. The van der Waals surface area contributed by atoms with Crippen LogP contribution in [0.5, 0.6) is 5.75 Å². The molecule has 0 unspecified atom stereocenters. The Labute approximate surface area is 185 Å². The van der Waals surface area contributed by atoms with E-state index in [4.69, 9.17) is 15.8 Å². The molecule has 0 spiro atoms. The highest BCUT2D eigenvalue weighted by molar-refractivity contribution is 7.90. The predicted molar refractivity (Wildman–Crippen MR) is 116 cm³/mol. The van der Waals surface area contributed by atoms with Gasteiger partial charge in [0.25, 0.3) is 10.0 Å². The van der Waals surface area contributed by atoms with Crippen molar-refractivity contribution in [2.45, 2.75) is 16.7 Å². The first-order chi connectivity index (χ1) is 14.5. The molecule has 0 aliphatic heterocycles. The molecule has 0 atom stereocenters. The van der Waals surface area contributed by atoms with Gasteiger partial charge in [0.1, 0.15) is 10.6 Å². The van der Waals surface area contributed by atoms with Crippen molar-refractivity contribution in [2.24, 2.45) is 0 Å². The molecule has 3 aromatic carbocycles. The fourth-order valence-electron chi connectivity index (χ4n) is 2.46. The average Bonchev–Trinajstić information content (AvgIpc) is 2.68. The number of hydrogen-bond donors (Lipinski definition) is 2. The lowest BCUT2D eigenvalue weighted by molar-refractivity contribution is 0.256. The quantitative estimate of drug-likeness (QED) is 0.516. The third-order valence-electron chi connectivity index (χ3n) is 3.96. The molecular formula is C20H17ClN2O6S2. The number of carbonyl (C=O) groups is 1. The van der Waals surface area contributed by atoms with E-state index in [-0.39, 0.29) is 21.2 Å². The highest BCUT2D eigenvalue weighted by Crippen LogP contribution is 2.22. The second-order valence-electron chi connectivity index (χ2n) is 6.39. The van der Waals surface area contributed by atoms with Crippen LogP contribution in [0.3, 0.4) is 0 Å². The highest BCUT2D eigenvalue weighted by atomic mass is 35.5. The normalized spacial score (nSPS) is 11.5. The van der Waals surface area contributed by atoms with Crippen molar-refractivity contribution in [3.63, 3.8) is 0 Å². The van der Waals surface area contributed by atoms with Crippen molar-refractivity contribution in [1.29, 1.82) is 0 Å². The molecule has 0 radical (unpaired) electrons. The standard InChI is InChI=1S/C20H17ClN2O6S2/c1-14-5-9-19(10-6-14)31(27,28)29-17-4-2-3-16(13-17)22-20(24)23-30(25,26)18-11-7-15(21)8-12-18/h2-13H,1H3,(H2,22,23,24). The summed E-state index contributed by atoms with van der Waals surface area (Å²) < 4.78 is 56.3. The summed E-state index contributed by atoms with van der Waals surface area (Å²) in [6.45, 7) is 1.82. The van der Waals surface area contributed by atoms with E-state index in [1.165, 1.54) is 60.7 Å². The second kappa shape index (κ2) is 8.96. The monoisotopic (exact) mass is 480 g/mol. The number of benzene rings is 3. The van der Waals surface area contributed by atoms with Crippen molar-refractivity contribution in [2.75, 3.05) is 5.32 Å². The Morgan fingerprint density at radius 3 is 2.13 bits per heavy atom. The first-order valence-corrected chi connectivity index (χ1v) is 12.0. The van der Waals surface area contributed by atoms with E-state index >= 15 is 0 Å². The molecule has 31 heavy (non-hydrogen) atoms. The number of halogens is 1. The lowest BCUT2D eigenvalue weighted by atomic mass is 10.2. The van der Waals surface area contributed by atoms with Gasteiger partial charge in [0.15, 0.2) is 0 Å². The zero-order valence-corrected chi connectivity index (χ0v) is 18.5. The number of rotatable bonds is 6. The van der Waals surface area contributed by atoms with Crippen LogP contribution in [0.2, 0.25) is 5.02 Å². The summed E-state index contributed by atoms with van der Waals surface area (Å²) in [5, 5.41) is 2.67. The molecular weight excluding hydrogens is 464 g/mol. The molecule has 8 nitrogen and oxygen atoms in total. The van der Waals surface area contributed by atoms with Gasteiger partial charge in [0.2, 0.25) is 0 Å². The van der Waals surface area contributed by atoms with E-state index in [1.54, 1.807) is 12.1 Å². The lowest BCUT2D eigenvalue weighted by Crippen LogP contribution is -2.34. The van der Waals surface area contributed by atoms with Crippen LogP contribution >= 0.6 is 11.6 Å². The molecule has 0 aliphatic carbocycles. The minimum Gasteiger partial charge on any atom is -0.379 e. The number of aryl methyl sites for hydroxylation is 1. The molecule has 0 saturated carbocycles. The zero-order valence-electron chi connectivity index (χ0n) is 16.1. The molecule has 0 aromatic heterocycles. The number of amides is 2. The summed E-state index contributed by atoms with van der Waals surface area (Å²) in [5.41, 5.74) is 1.02. The van der Waals surface area contributed by atoms with Crippen LogP contribution in [0.25, 0.3) is 0 Å². The molecule has 2 amide bonds. The molecule has 0 bridgehead atoms. The number of urea groups is 1. The van der Waals surface area contributed by atoms with Gasteiger partial charge in [0, 0.05) is 16.8 Å². The number of anilines is 1. The Kier molecular flexibility index (Phi) is 6.54. The minimum atomic E-state index is -4.12. The van der Waals surface area contributed by atoms with E-state index < -0.39 is 26.2 Å². The largest absolute Gasteiger partial charge is 0.379 e. The van der Waals surface area contributed by atoms with Gasteiger partial charge in [-0.1, -0.05) is 35.4 Å². The SMILES string of the molecule is Cc1ccc(S(=O)(=O)Oc2cccc(NC(=O)NS(=O)(=O)c3ccc(Cl)cc3)c2)cc1. The maximum absolute atomic E-state index is 12.4. The summed E-state index contributed by atoms with van der Waals surface area (Å²) in [6, 6.07) is 15.9. The molecule has 3 aromatic rings. The molecule has 0 heterocycles. The van der Waals surface area contributed by atoms with Crippen molar-refractivity contribution in [3.05, 3.63) is 83.4 Å².